The molecule has 0 heterocycles. The molecule has 0 spiro atoms. The van der Waals surface area contributed by atoms with Gasteiger partial charge in [-0.25, -0.2) is 0 Å². The monoisotopic (exact) mass is 186 g/mol. The first-order chi connectivity index (χ1) is 4.74. The molecular formula is C5H14O4Ti. The van der Waals surface area contributed by atoms with E-state index in [2.05, 4.69) is 0 Å². The Morgan fingerprint density at radius 3 is 1.50 bits per heavy atom. The van der Waals surface area contributed by atoms with Gasteiger partial charge in [-0.3, -0.25) is 0 Å². The molecule has 0 aliphatic heterocycles. The fourth-order valence-electron chi connectivity index (χ4n) is 0.604. The molecule has 0 saturated carbocycles. The van der Waals surface area contributed by atoms with Crippen LogP contribution in [0.5, 0.6) is 0 Å². The summed E-state index contributed by atoms with van der Waals surface area (Å²) in [6, 6.07) is 0. The van der Waals surface area contributed by atoms with Crippen LogP contribution in [0.4, 0.5) is 0 Å². The van der Waals surface area contributed by atoms with Crippen molar-refractivity contribution in [2.45, 2.75) is 6.92 Å². The summed E-state index contributed by atoms with van der Waals surface area (Å²) in [5.41, 5.74) is 0. The van der Waals surface area contributed by atoms with Gasteiger partial charge in [0, 0.05) is 0 Å². The van der Waals surface area contributed by atoms with Gasteiger partial charge in [0.1, 0.15) is 0 Å². The predicted octanol–water partition coefficient (Wildman–Crippen LogP) is 0.776. The zero-order valence-corrected chi connectivity index (χ0v) is 8.40. The molecule has 0 saturated heterocycles. The molecule has 0 rings (SSSR count). The summed E-state index contributed by atoms with van der Waals surface area (Å²) in [6.07, 6.45) is 0. The third kappa shape index (κ3) is 2.66. The van der Waals surface area contributed by atoms with Gasteiger partial charge < -0.3 is 0 Å². The van der Waals surface area contributed by atoms with E-state index in [9.17, 15) is 0 Å². The zero-order chi connectivity index (χ0) is 8.04. The van der Waals surface area contributed by atoms with Crippen molar-refractivity contribution in [3.05, 3.63) is 0 Å². The van der Waals surface area contributed by atoms with Crippen LogP contribution >= 0.6 is 0 Å². The minimum absolute atomic E-state index is 0.551. The molecule has 0 N–H and O–H groups in total. The van der Waals surface area contributed by atoms with E-state index in [1.165, 1.54) is 21.3 Å². The Kier molecular flexibility index (Phi) is 5.53. The Morgan fingerprint density at radius 2 is 1.40 bits per heavy atom. The van der Waals surface area contributed by atoms with Crippen molar-refractivity contribution in [1.29, 1.82) is 0 Å². The van der Waals surface area contributed by atoms with E-state index in [1.54, 1.807) is 0 Å². The van der Waals surface area contributed by atoms with E-state index in [4.69, 9.17) is 13.3 Å². The van der Waals surface area contributed by atoms with Gasteiger partial charge in [-0.1, -0.05) is 0 Å². The second kappa shape index (κ2) is 5.24. The van der Waals surface area contributed by atoms with Gasteiger partial charge in [-0.2, -0.15) is 0 Å². The van der Waals surface area contributed by atoms with Crippen LogP contribution in [-0.4, -0.2) is 27.9 Å². The molecular weight excluding hydrogens is 172 g/mol. The second-order valence-corrected chi connectivity index (χ2v) is 5.47. The van der Waals surface area contributed by atoms with Crippen LogP contribution in [0.2, 0.25) is 0 Å². The van der Waals surface area contributed by atoms with Gasteiger partial charge in [0.2, 0.25) is 0 Å². The van der Waals surface area contributed by atoms with Crippen LogP contribution in [0, 0.1) is 0 Å². The van der Waals surface area contributed by atoms with Crippen molar-refractivity contribution in [3.8, 4) is 0 Å². The third-order valence-corrected chi connectivity index (χ3v) is 4.42. The normalized spacial score (nSPS) is 12.0. The zero-order valence-electron chi connectivity index (χ0n) is 6.84. The molecule has 4 nitrogen and oxygen atoms in total. The van der Waals surface area contributed by atoms with Crippen LogP contribution in [0.25, 0.3) is 0 Å². The molecule has 0 atom stereocenters. The van der Waals surface area contributed by atoms with Crippen LogP contribution in [0.15, 0.2) is 0 Å². The molecule has 0 aromatic heterocycles. The van der Waals surface area contributed by atoms with Crippen molar-refractivity contribution in [3.63, 3.8) is 0 Å². The van der Waals surface area contributed by atoms with Gasteiger partial charge in [0.05, 0.1) is 0 Å². The summed E-state index contributed by atoms with van der Waals surface area (Å²) < 4.78 is 20.2. The van der Waals surface area contributed by atoms with E-state index in [0.29, 0.717) is 6.61 Å². The molecule has 10 heavy (non-hydrogen) atoms. The average molecular weight is 186 g/mol. The van der Waals surface area contributed by atoms with Crippen LogP contribution in [0.3, 0.4) is 0 Å². The molecule has 0 amide bonds. The third-order valence-electron chi connectivity index (χ3n) is 1.07. The van der Waals surface area contributed by atoms with Crippen molar-refractivity contribution in [2.75, 3.05) is 27.9 Å². The Bertz CT molecular complexity index is 75.5. The fraction of sp³-hybridized carbons (Fsp3) is 1.00. The van der Waals surface area contributed by atoms with E-state index < -0.39 is 18.1 Å². The van der Waals surface area contributed by atoms with Crippen molar-refractivity contribution in [2.24, 2.45) is 0 Å². The van der Waals surface area contributed by atoms with E-state index in [0.717, 1.165) is 0 Å². The summed E-state index contributed by atoms with van der Waals surface area (Å²) in [4.78, 5) is 0. The van der Waals surface area contributed by atoms with Gasteiger partial charge in [0.25, 0.3) is 0 Å². The van der Waals surface area contributed by atoms with Crippen molar-refractivity contribution in [1.82, 2.24) is 0 Å². The van der Waals surface area contributed by atoms with Gasteiger partial charge in [0.15, 0.2) is 0 Å². The summed E-state index contributed by atoms with van der Waals surface area (Å²) in [5.74, 6) is 0. The first kappa shape index (κ1) is 10.6. The Morgan fingerprint density at radius 1 is 1.00 bits per heavy atom. The van der Waals surface area contributed by atoms with Crippen LogP contribution in [-0.2, 0) is 31.4 Å². The summed E-state index contributed by atoms with van der Waals surface area (Å²) in [7, 11) is 4.59. The Balaban J connectivity index is 3.87. The van der Waals surface area contributed by atoms with Crippen molar-refractivity contribution >= 4 is 0 Å². The summed E-state index contributed by atoms with van der Waals surface area (Å²) in [5, 5.41) is 0. The van der Waals surface area contributed by atoms with E-state index in [-0.39, 0.29) is 0 Å². The van der Waals surface area contributed by atoms with E-state index >= 15 is 0 Å². The summed E-state index contributed by atoms with van der Waals surface area (Å²) >= 11 is -3.20. The molecule has 0 unspecified atom stereocenters. The number of hydrogen-bond acceptors (Lipinski definition) is 4. The standard InChI is InChI=1S/C2H5O.3CH3O.Ti/c1-2-3;3*1-2;/h2H2,1H3;3*1H3;/q4*-1;+4. The molecule has 62 valence electrons. The Hall–Kier alpha value is 0.554. The maximum atomic E-state index is 5.20. The van der Waals surface area contributed by atoms with E-state index in [1.807, 2.05) is 6.92 Å². The predicted molar refractivity (Wildman–Crippen MR) is 32.7 cm³/mol. The molecule has 0 fully saturated rings. The first-order valence-electron chi connectivity index (χ1n) is 3.04. The van der Waals surface area contributed by atoms with Gasteiger partial charge >= 0.3 is 66.3 Å². The molecule has 0 aromatic rings. The van der Waals surface area contributed by atoms with Gasteiger partial charge in [-0.05, 0) is 0 Å². The maximum absolute atomic E-state index is 5.20. The first-order valence-corrected chi connectivity index (χ1v) is 5.59. The number of hydrogen-bond donors (Lipinski definition) is 0. The fourth-order valence-corrected chi connectivity index (χ4v) is 2.49. The molecule has 0 aliphatic rings. The van der Waals surface area contributed by atoms with Crippen LogP contribution < -0.4 is 0 Å². The van der Waals surface area contributed by atoms with Gasteiger partial charge in [-0.15, -0.1) is 0 Å². The topological polar surface area (TPSA) is 36.9 Å². The SMILES string of the molecule is CC[O][Ti]([O]C)([O]C)[O]C. The quantitative estimate of drug-likeness (QED) is 0.594. The van der Waals surface area contributed by atoms with Crippen LogP contribution in [0.1, 0.15) is 6.92 Å². The molecule has 0 radical (unpaired) electrons. The summed E-state index contributed by atoms with van der Waals surface area (Å²) in [6.45, 7) is 2.42. The van der Waals surface area contributed by atoms with Crippen molar-refractivity contribution < 1.29 is 31.4 Å². The molecule has 0 aromatic carbocycles. The average Bonchev–Trinajstić information content (AvgIpc) is 2.01. The minimum atomic E-state index is -3.20. The molecule has 0 bridgehead atoms. The number of rotatable bonds is 5. The molecule has 5 heteroatoms. The molecule has 0 aliphatic carbocycles. The second-order valence-electron chi connectivity index (χ2n) is 1.55. The Labute approximate surface area is 66.7 Å².